The maximum Gasteiger partial charge on any atom is 0.0714 e. The second kappa shape index (κ2) is 18.8. The average molecular weight is 862 g/mol. The predicted octanol–water partition coefficient (Wildman–Crippen LogP) is 17.3. The maximum atomic E-state index is 2.46. The highest BCUT2D eigenvalue weighted by Gasteiger charge is 2.46. The van der Waals surface area contributed by atoms with Crippen LogP contribution in [0.2, 0.25) is 0 Å². The molecule has 324 valence electrons. The van der Waals surface area contributed by atoms with Gasteiger partial charge in [0.15, 0.2) is 0 Å². The Balaban J connectivity index is 0.000000278. The Hall–Kier alpha value is -8.00. The van der Waals surface area contributed by atoms with Crippen molar-refractivity contribution >= 4 is 21.8 Å². The third kappa shape index (κ3) is 8.19. The number of benzene rings is 10. The first-order chi connectivity index (χ1) is 32.9. The second-order valence-corrected chi connectivity index (χ2v) is 17.7. The van der Waals surface area contributed by atoms with Crippen molar-refractivity contribution in [1.82, 2.24) is 4.57 Å². The zero-order chi connectivity index (χ0) is 45.7. The molecule has 0 N–H and O–H groups in total. The topological polar surface area (TPSA) is 4.93 Å². The molecule has 10 aromatic carbocycles. The maximum absolute atomic E-state index is 2.46. The third-order valence-corrected chi connectivity index (χ3v) is 13.5. The van der Waals surface area contributed by atoms with Gasteiger partial charge < -0.3 is 4.57 Å². The van der Waals surface area contributed by atoms with E-state index in [9.17, 15) is 0 Å². The molecule has 67 heavy (non-hydrogen) atoms. The predicted molar refractivity (Wildman–Crippen MR) is 285 cm³/mol. The normalized spacial score (nSPS) is 12.1. The Morgan fingerprint density at radius 2 is 0.910 bits per heavy atom. The molecule has 0 spiro atoms. The number of rotatable bonds is 6. The molecular formula is C66H55N. The molecule has 1 heterocycles. The Kier molecular flexibility index (Phi) is 12.1. The fourth-order valence-electron chi connectivity index (χ4n) is 10.1. The van der Waals surface area contributed by atoms with Crippen molar-refractivity contribution in [2.75, 3.05) is 0 Å². The minimum absolute atomic E-state index is 0.446. The quantitative estimate of drug-likeness (QED) is 0.157. The van der Waals surface area contributed by atoms with Gasteiger partial charge in [0.25, 0.3) is 0 Å². The Morgan fingerprint density at radius 1 is 0.358 bits per heavy atom. The summed E-state index contributed by atoms with van der Waals surface area (Å²) in [6.45, 7) is 8.55. The van der Waals surface area contributed by atoms with E-state index in [1.54, 1.807) is 0 Å². The first-order valence-corrected chi connectivity index (χ1v) is 23.6. The molecule has 1 heteroatoms. The summed E-state index contributed by atoms with van der Waals surface area (Å²) < 4.78 is 2.46. The van der Waals surface area contributed by atoms with Gasteiger partial charge >= 0.3 is 0 Å². The molecule has 1 aromatic heterocycles. The zero-order valence-electron chi connectivity index (χ0n) is 38.8. The van der Waals surface area contributed by atoms with Gasteiger partial charge in [-0.3, -0.25) is 0 Å². The SMILES string of the molecule is CCc1ccc(C)cc1.Cc1ccccc1.Cc1ccccc1-c1cccc(-c2ccc3c(c2)c2ccccc2n3-c2ccc3c(c2)C(c2ccccc2)(c2ccccc2)c2ccccc2-3)c1. The largest absolute Gasteiger partial charge is 0.309 e. The van der Waals surface area contributed by atoms with E-state index >= 15 is 0 Å². The molecule has 0 fully saturated rings. The molecule has 1 aliphatic carbocycles. The molecule has 0 aliphatic heterocycles. The molecule has 0 saturated heterocycles. The second-order valence-electron chi connectivity index (χ2n) is 17.7. The van der Waals surface area contributed by atoms with E-state index in [2.05, 4.69) is 263 Å². The van der Waals surface area contributed by atoms with E-state index < -0.39 is 5.41 Å². The smallest absolute Gasteiger partial charge is 0.0714 e. The van der Waals surface area contributed by atoms with Crippen molar-refractivity contribution in [2.24, 2.45) is 0 Å². The summed E-state index contributed by atoms with van der Waals surface area (Å²) in [6, 6.07) is 90.5. The standard InChI is InChI=1S/C50H35N.C9H12.C7H8/c1-34-15-8-9-22-41(34)37-17-14-16-35(31-37)36-27-30-49-45(32-36)44-24-11-13-26-48(44)51(49)40-28-29-43-42-23-10-12-25-46(42)50(47(43)33-40,38-18-4-2-5-19-38)39-20-6-3-7-21-39;1-3-9-6-4-8(2)5-7-9;1-7-5-3-2-4-6-7/h2-33H,1H3;4-7H,3H2,1-2H3;2-6H,1H3. The highest BCUT2D eigenvalue weighted by atomic mass is 15.0. The van der Waals surface area contributed by atoms with Gasteiger partial charge in [0, 0.05) is 16.5 Å². The summed E-state index contributed by atoms with van der Waals surface area (Å²) in [5.41, 5.74) is 21.2. The van der Waals surface area contributed by atoms with Gasteiger partial charge in [-0.2, -0.15) is 0 Å². The van der Waals surface area contributed by atoms with Gasteiger partial charge in [-0.05, 0) is 130 Å². The minimum atomic E-state index is -0.446. The van der Waals surface area contributed by atoms with Crippen LogP contribution in [0.4, 0.5) is 0 Å². The molecular weight excluding hydrogens is 807 g/mol. The first kappa shape index (κ1) is 42.9. The minimum Gasteiger partial charge on any atom is -0.309 e. The molecule has 11 aromatic rings. The van der Waals surface area contributed by atoms with Gasteiger partial charge in [-0.15, -0.1) is 0 Å². The highest BCUT2D eigenvalue weighted by Crippen LogP contribution is 2.56. The van der Waals surface area contributed by atoms with Gasteiger partial charge in [0.1, 0.15) is 0 Å². The van der Waals surface area contributed by atoms with Crippen molar-refractivity contribution in [2.45, 2.75) is 39.5 Å². The fourth-order valence-corrected chi connectivity index (χ4v) is 10.1. The van der Waals surface area contributed by atoms with Crippen LogP contribution in [-0.4, -0.2) is 4.57 Å². The Labute approximate surface area is 396 Å². The number of aromatic nitrogens is 1. The molecule has 0 unspecified atom stereocenters. The summed E-state index contributed by atoms with van der Waals surface area (Å²) >= 11 is 0. The molecule has 0 atom stereocenters. The van der Waals surface area contributed by atoms with Crippen LogP contribution < -0.4 is 0 Å². The molecule has 0 saturated carbocycles. The monoisotopic (exact) mass is 861 g/mol. The van der Waals surface area contributed by atoms with E-state index in [1.165, 1.54) is 105 Å². The third-order valence-electron chi connectivity index (χ3n) is 13.5. The molecule has 0 radical (unpaired) electrons. The lowest BCUT2D eigenvalue weighted by atomic mass is 9.67. The van der Waals surface area contributed by atoms with Crippen LogP contribution in [0.25, 0.3) is 60.9 Å². The number of hydrogen-bond donors (Lipinski definition) is 0. The van der Waals surface area contributed by atoms with Crippen molar-refractivity contribution in [1.29, 1.82) is 0 Å². The average Bonchev–Trinajstić information content (AvgIpc) is 3.88. The Bertz CT molecular complexity index is 3410. The molecule has 0 bridgehead atoms. The number of nitrogens with zero attached hydrogens (tertiary/aromatic N) is 1. The van der Waals surface area contributed by atoms with Crippen LogP contribution in [0.5, 0.6) is 0 Å². The van der Waals surface area contributed by atoms with Crippen LogP contribution in [-0.2, 0) is 11.8 Å². The van der Waals surface area contributed by atoms with E-state index in [0.717, 1.165) is 6.42 Å². The van der Waals surface area contributed by atoms with Gasteiger partial charge in [0.2, 0.25) is 0 Å². The Morgan fingerprint density at radius 3 is 1.58 bits per heavy atom. The van der Waals surface area contributed by atoms with E-state index in [-0.39, 0.29) is 0 Å². The lowest BCUT2D eigenvalue weighted by Gasteiger charge is -2.34. The summed E-state index contributed by atoms with van der Waals surface area (Å²) in [5.74, 6) is 0. The molecule has 1 aliphatic rings. The van der Waals surface area contributed by atoms with Crippen molar-refractivity contribution in [3.05, 3.63) is 293 Å². The zero-order valence-corrected chi connectivity index (χ0v) is 38.8. The number of para-hydroxylation sites is 1. The van der Waals surface area contributed by atoms with Crippen molar-refractivity contribution in [3.63, 3.8) is 0 Å². The van der Waals surface area contributed by atoms with Crippen molar-refractivity contribution < 1.29 is 0 Å². The van der Waals surface area contributed by atoms with E-state index in [4.69, 9.17) is 0 Å². The van der Waals surface area contributed by atoms with E-state index in [0.29, 0.717) is 0 Å². The van der Waals surface area contributed by atoms with Gasteiger partial charge in [0.05, 0.1) is 16.4 Å². The van der Waals surface area contributed by atoms with Crippen molar-refractivity contribution in [3.8, 4) is 39.1 Å². The van der Waals surface area contributed by atoms with Crippen LogP contribution >= 0.6 is 0 Å². The highest BCUT2D eigenvalue weighted by molar-refractivity contribution is 6.10. The summed E-state index contributed by atoms with van der Waals surface area (Å²) in [6.07, 6.45) is 1.14. The fraction of sp³-hybridized carbons (Fsp3) is 0.0909. The number of hydrogen-bond acceptors (Lipinski definition) is 0. The molecule has 0 amide bonds. The van der Waals surface area contributed by atoms with E-state index in [1.807, 2.05) is 18.2 Å². The lowest BCUT2D eigenvalue weighted by molar-refractivity contribution is 0.767. The van der Waals surface area contributed by atoms with Crippen LogP contribution in [0.1, 0.15) is 51.4 Å². The van der Waals surface area contributed by atoms with Crippen LogP contribution in [0, 0.1) is 20.8 Å². The first-order valence-electron chi connectivity index (χ1n) is 23.6. The molecule has 12 rings (SSSR count). The number of fused-ring (bicyclic) bond motifs is 6. The van der Waals surface area contributed by atoms with Crippen LogP contribution in [0.3, 0.4) is 0 Å². The number of aryl methyl sites for hydroxylation is 4. The van der Waals surface area contributed by atoms with Gasteiger partial charge in [-0.1, -0.05) is 230 Å². The lowest BCUT2D eigenvalue weighted by Crippen LogP contribution is -2.28. The van der Waals surface area contributed by atoms with Gasteiger partial charge in [-0.25, -0.2) is 0 Å². The van der Waals surface area contributed by atoms with Crippen LogP contribution in [0.15, 0.2) is 249 Å². The summed E-state index contributed by atoms with van der Waals surface area (Å²) in [5, 5.41) is 2.51. The summed E-state index contributed by atoms with van der Waals surface area (Å²) in [7, 11) is 0. The summed E-state index contributed by atoms with van der Waals surface area (Å²) in [4.78, 5) is 0. The molecule has 1 nitrogen and oxygen atoms in total.